The molecule has 0 spiro atoms. The van der Waals surface area contributed by atoms with Gasteiger partial charge in [0, 0.05) is 11.1 Å². The number of furan rings is 1. The van der Waals surface area contributed by atoms with E-state index in [-0.39, 0.29) is 6.30 Å². The Labute approximate surface area is 227 Å². The van der Waals surface area contributed by atoms with Gasteiger partial charge in [-0.3, -0.25) is 0 Å². The maximum atomic E-state index is 8.56. The van der Waals surface area contributed by atoms with Crippen LogP contribution in [0.25, 0.3) is 33.1 Å². The molecule has 0 saturated carbocycles. The molecular weight excluding hydrogens is 485 g/mol. The molecule has 198 valence electrons. The van der Waals surface area contributed by atoms with Crippen molar-refractivity contribution in [3.05, 3.63) is 48.3 Å². The van der Waals surface area contributed by atoms with Crippen LogP contribution in [0.5, 0.6) is 0 Å². The number of aryl methyl sites for hydroxylation is 1. The Hall–Kier alpha value is -2.25. The van der Waals surface area contributed by atoms with E-state index in [9.17, 15) is 0 Å². The number of fused-ring (bicyclic) bond motifs is 2. The van der Waals surface area contributed by atoms with E-state index in [4.69, 9.17) is 10.8 Å². The molecule has 0 saturated heterocycles. The van der Waals surface area contributed by atoms with Gasteiger partial charge < -0.3 is 4.42 Å². The van der Waals surface area contributed by atoms with E-state index in [1.165, 1.54) is 39.5 Å². The van der Waals surface area contributed by atoms with E-state index in [0.717, 1.165) is 27.9 Å². The molecule has 2 aromatic carbocycles. The molecule has 0 atom stereocenters. The number of rotatable bonds is 9. The fourth-order valence-corrected chi connectivity index (χ4v) is 15.2. The van der Waals surface area contributed by atoms with Crippen molar-refractivity contribution in [2.24, 2.45) is 17.8 Å². The van der Waals surface area contributed by atoms with Gasteiger partial charge in [0.2, 0.25) is 0 Å². The van der Waals surface area contributed by atoms with Crippen LogP contribution in [0.3, 0.4) is 0 Å². The monoisotopic (exact) mass is 531 g/mol. The summed E-state index contributed by atoms with van der Waals surface area (Å²) in [5.41, 5.74) is 4.52. The molecule has 0 fully saturated rings. The number of hydrogen-bond acceptors (Lipinski definition) is 3. The SMILES string of the molecule is [2H]c1nc(-c2cc([Si](C)(C)C)c3ccccc3c2)c2oc([Si](CC(C)C)(CC(C)C)CC(C)C)c(C)c2n1. The van der Waals surface area contributed by atoms with Crippen LogP contribution in [0.2, 0.25) is 37.8 Å². The van der Waals surface area contributed by atoms with Crippen molar-refractivity contribution in [1.82, 2.24) is 9.97 Å². The van der Waals surface area contributed by atoms with Gasteiger partial charge in [-0.2, -0.15) is 0 Å². The fourth-order valence-electron chi connectivity index (χ4n) is 6.62. The number of benzene rings is 2. The lowest BCUT2D eigenvalue weighted by Crippen LogP contribution is -2.51. The molecule has 5 heteroatoms. The van der Waals surface area contributed by atoms with Crippen LogP contribution in [-0.4, -0.2) is 26.1 Å². The van der Waals surface area contributed by atoms with E-state index in [2.05, 4.69) is 109 Å². The van der Waals surface area contributed by atoms with Crippen LogP contribution < -0.4 is 10.6 Å². The minimum Gasteiger partial charge on any atom is -0.462 e. The predicted octanol–water partition coefficient (Wildman–Crippen LogP) is 8.52. The molecular formula is C32H46N2OSi2. The zero-order valence-corrected chi connectivity index (χ0v) is 26.6. The molecule has 0 unspecified atom stereocenters. The van der Waals surface area contributed by atoms with Crippen LogP contribution in [0.1, 0.15) is 48.5 Å². The molecule has 3 nitrogen and oxygen atoms in total. The van der Waals surface area contributed by atoms with Crippen LogP contribution in [0.15, 0.2) is 47.1 Å². The van der Waals surface area contributed by atoms with Gasteiger partial charge >= 0.3 is 0 Å². The Bertz CT molecular complexity index is 1420. The van der Waals surface area contributed by atoms with Crippen LogP contribution in [0, 0.1) is 24.7 Å². The predicted molar refractivity (Wildman–Crippen MR) is 167 cm³/mol. The van der Waals surface area contributed by atoms with Crippen molar-refractivity contribution in [3.63, 3.8) is 0 Å². The van der Waals surface area contributed by atoms with E-state index in [1.807, 2.05) is 0 Å². The number of hydrogen-bond donors (Lipinski definition) is 0. The minimum absolute atomic E-state index is 0.0644. The highest BCUT2D eigenvalue weighted by Crippen LogP contribution is 2.37. The summed E-state index contributed by atoms with van der Waals surface area (Å²) in [4.78, 5) is 9.37. The fraction of sp³-hybridized carbons (Fsp3) is 0.500. The third kappa shape index (κ3) is 5.63. The molecule has 4 rings (SSSR count). The first-order valence-corrected chi connectivity index (χ1v) is 20.2. The lowest BCUT2D eigenvalue weighted by atomic mass is 10.0. The van der Waals surface area contributed by atoms with Crippen molar-refractivity contribution >= 4 is 48.6 Å². The molecule has 2 heterocycles. The Morgan fingerprint density at radius 1 is 0.865 bits per heavy atom. The van der Waals surface area contributed by atoms with Gasteiger partial charge in [-0.15, -0.1) is 0 Å². The third-order valence-electron chi connectivity index (χ3n) is 7.48. The Morgan fingerprint density at radius 3 is 2.03 bits per heavy atom. The Morgan fingerprint density at radius 2 is 1.46 bits per heavy atom. The van der Waals surface area contributed by atoms with Gasteiger partial charge in [-0.25, -0.2) is 9.97 Å². The van der Waals surface area contributed by atoms with Gasteiger partial charge in [0.25, 0.3) is 0 Å². The largest absolute Gasteiger partial charge is 0.462 e. The van der Waals surface area contributed by atoms with E-state index in [0.29, 0.717) is 17.8 Å². The highest BCUT2D eigenvalue weighted by molar-refractivity contribution is 6.91. The van der Waals surface area contributed by atoms with E-state index in [1.54, 1.807) is 0 Å². The van der Waals surface area contributed by atoms with Crippen molar-refractivity contribution in [2.75, 3.05) is 0 Å². The van der Waals surface area contributed by atoms with Gasteiger partial charge in [-0.1, -0.05) is 96.7 Å². The second kappa shape index (κ2) is 10.5. The standard InChI is InChI=1S/C32H46N2OSi2/c1-21(2)17-37(18-22(3)4,19-23(5)6)32-24(7)29-31(35-32)30(34-20-33-29)26-15-25-13-11-12-14-27(25)28(16-26)36(8,9)10/h11-16,20-23H,17-19H2,1-10H3/i20D. The summed E-state index contributed by atoms with van der Waals surface area (Å²) in [6.45, 7) is 23.4. The molecule has 2 aromatic heterocycles. The normalized spacial score (nSPS) is 13.5. The second-order valence-corrected chi connectivity index (χ2v) is 22.8. The Balaban J connectivity index is 2.04. The van der Waals surface area contributed by atoms with Crippen molar-refractivity contribution in [2.45, 2.75) is 86.2 Å². The first kappa shape index (κ1) is 26.4. The number of aromatic nitrogens is 2. The van der Waals surface area contributed by atoms with Crippen LogP contribution in [-0.2, 0) is 0 Å². The zero-order chi connectivity index (χ0) is 28.0. The minimum atomic E-state index is -2.00. The summed E-state index contributed by atoms with van der Waals surface area (Å²) in [5, 5.41) is 5.14. The molecule has 0 radical (unpaired) electrons. The Kier molecular flexibility index (Phi) is 7.47. The van der Waals surface area contributed by atoms with Crippen molar-refractivity contribution in [3.8, 4) is 11.3 Å². The maximum absolute atomic E-state index is 8.56. The molecule has 0 N–H and O–H groups in total. The first-order valence-electron chi connectivity index (χ1n) is 14.5. The van der Waals surface area contributed by atoms with Crippen molar-refractivity contribution < 1.29 is 5.79 Å². The summed E-state index contributed by atoms with van der Waals surface area (Å²) in [5.74, 6) is 1.80. The zero-order valence-electron chi connectivity index (χ0n) is 25.6. The topological polar surface area (TPSA) is 38.9 Å². The smallest absolute Gasteiger partial charge is 0.178 e. The molecule has 0 aliphatic heterocycles. The van der Waals surface area contributed by atoms with Crippen LogP contribution >= 0.6 is 0 Å². The average Bonchev–Trinajstić information content (AvgIpc) is 3.12. The maximum Gasteiger partial charge on any atom is 0.178 e. The summed E-state index contributed by atoms with van der Waals surface area (Å²) in [6.07, 6.45) is 0.0644. The van der Waals surface area contributed by atoms with Gasteiger partial charge in [0.05, 0.1) is 13.5 Å². The third-order valence-corrected chi connectivity index (χ3v) is 15.7. The summed E-state index contributed by atoms with van der Waals surface area (Å²) in [7, 11) is -3.65. The summed E-state index contributed by atoms with van der Waals surface area (Å²) >= 11 is 0. The molecule has 0 aliphatic rings. The molecule has 37 heavy (non-hydrogen) atoms. The quantitative estimate of drug-likeness (QED) is 0.203. The summed E-state index contributed by atoms with van der Waals surface area (Å²) in [6, 6.07) is 16.8. The first-order chi connectivity index (χ1) is 17.7. The number of nitrogens with zero attached hydrogens (tertiary/aromatic N) is 2. The lowest BCUT2D eigenvalue weighted by molar-refractivity contribution is 0.608. The highest BCUT2D eigenvalue weighted by Gasteiger charge is 2.42. The van der Waals surface area contributed by atoms with Gasteiger partial charge in [0.1, 0.15) is 27.0 Å². The summed E-state index contributed by atoms with van der Waals surface area (Å²) < 4.78 is 15.6. The second-order valence-electron chi connectivity index (χ2n) is 13.5. The van der Waals surface area contributed by atoms with Gasteiger partial charge in [-0.05, 0) is 59.6 Å². The molecule has 4 aromatic rings. The lowest BCUT2D eigenvalue weighted by Gasteiger charge is -2.35. The van der Waals surface area contributed by atoms with Crippen molar-refractivity contribution in [1.29, 1.82) is 0 Å². The van der Waals surface area contributed by atoms with E-state index >= 15 is 0 Å². The van der Waals surface area contributed by atoms with Crippen LogP contribution in [0.4, 0.5) is 0 Å². The highest BCUT2D eigenvalue weighted by atomic mass is 28.3. The molecule has 0 amide bonds. The average molecular weight is 532 g/mol. The van der Waals surface area contributed by atoms with Gasteiger partial charge in [0.15, 0.2) is 5.58 Å². The van der Waals surface area contributed by atoms with E-state index < -0.39 is 16.1 Å². The molecule has 0 aliphatic carbocycles. The molecule has 0 bridgehead atoms.